The van der Waals surface area contributed by atoms with Gasteiger partial charge in [0.05, 0.1) is 12.7 Å². The number of nitrogens with one attached hydrogen (secondary N) is 5. The van der Waals surface area contributed by atoms with Crippen LogP contribution in [0.2, 0.25) is 0 Å². The fourth-order valence-corrected chi connectivity index (χ4v) is 5.61. The molecule has 0 aromatic carbocycles. The van der Waals surface area contributed by atoms with Crippen molar-refractivity contribution in [1.29, 1.82) is 0 Å². The van der Waals surface area contributed by atoms with E-state index in [0.717, 1.165) is 0 Å². The number of carbonyl (C=O) groups is 7. The van der Waals surface area contributed by atoms with Gasteiger partial charge in [-0.2, -0.15) is 0 Å². The molecule has 1 saturated heterocycles. The molecule has 1 aliphatic rings. The minimum atomic E-state index is -1.90. The van der Waals surface area contributed by atoms with Crippen molar-refractivity contribution in [2.24, 2.45) is 23.7 Å². The summed E-state index contributed by atoms with van der Waals surface area (Å²) in [5, 5.41) is 61.3. The topological polar surface area (TPSA) is 284 Å². The lowest BCUT2D eigenvalue weighted by Gasteiger charge is -2.27. The minimum absolute atomic E-state index is 0.0182. The first-order valence-electron chi connectivity index (χ1n) is 18.8. The van der Waals surface area contributed by atoms with Crippen molar-refractivity contribution in [2.45, 2.75) is 136 Å². The van der Waals surface area contributed by atoms with E-state index in [1.807, 2.05) is 27.7 Å². The molecule has 0 aromatic heterocycles. The number of amides is 7. The van der Waals surface area contributed by atoms with Crippen LogP contribution < -0.4 is 26.6 Å². The lowest BCUT2D eigenvalue weighted by Crippen LogP contribution is -2.58. The number of nitrogens with zero attached hydrogens (tertiary/aromatic N) is 1. The second-order valence-corrected chi connectivity index (χ2v) is 15.1. The maximum atomic E-state index is 13.6. The Balaban J connectivity index is 2.92. The van der Waals surface area contributed by atoms with Crippen molar-refractivity contribution in [3.05, 3.63) is 0 Å². The van der Waals surface area contributed by atoms with Crippen molar-refractivity contribution < 1.29 is 59.1 Å². The van der Waals surface area contributed by atoms with E-state index in [0.29, 0.717) is 25.8 Å². The SMILES string of the molecule is CC(C)CNC(=O)[C@H](C)NC(=O)[C@@H](NC(=O)[C@H](CCC(=O)NC[C@H](O)[C@@H](O)[C@H](O)[C@H](O)CO)NC(=O)CCCCCN1C(=O)CC(C(C)C)C1=O)C(C)C. The monoisotopic (exact) mass is 772 g/mol. The normalized spacial score (nSPS) is 18.5. The second kappa shape index (κ2) is 23.9. The second-order valence-electron chi connectivity index (χ2n) is 15.1. The average molecular weight is 773 g/mol. The van der Waals surface area contributed by atoms with Crippen LogP contribution >= 0.6 is 0 Å². The molecule has 0 bridgehead atoms. The summed E-state index contributed by atoms with van der Waals surface area (Å²) < 4.78 is 0. The number of hydrogen-bond donors (Lipinski definition) is 10. The van der Waals surface area contributed by atoms with E-state index in [1.165, 1.54) is 11.8 Å². The number of rotatable bonds is 25. The van der Waals surface area contributed by atoms with E-state index in [9.17, 15) is 54.0 Å². The quantitative estimate of drug-likeness (QED) is 0.0350. The van der Waals surface area contributed by atoms with Gasteiger partial charge >= 0.3 is 0 Å². The number of imide groups is 1. The van der Waals surface area contributed by atoms with Gasteiger partial charge in [0.15, 0.2) is 0 Å². The lowest BCUT2D eigenvalue weighted by atomic mass is 9.94. The molecule has 10 N–H and O–H groups in total. The molecule has 54 heavy (non-hydrogen) atoms. The molecule has 0 saturated carbocycles. The van der Waals surface area contributed by atoms with Gasteiger partial charge in [-0.25, -0.2) is 0 Å². The van der Waals surface area contributed by atoms with E-state index >= 15 is 0 Å². The van der Waals surface area contributed by atoms with Gasteiger partial charge in [0.1, 0.15) is 36.4 Å². The smallest absolute Gasteiger partial charge is 0.243 e. The van der Waals surface area contributed by atoms with Crippen molar-refractivity contribution in [3.63, 3.8) is 0 Å². The van der Waals surface area contributed by atoms with Crippen LogP contribution in [0.4, 0.5) is 0 Å². The highest BCUT2D eigenvalue weighted by Gasteiger charge is 2.39. The Bertz CT molecular complexity index is 1260. The van der Waals surface area contributed by atoms with Crippen molar-refractivity contribution in [3.8, 4) is 0 Å². The third kappa shape index (κ3) is 16.3. The van der Waals surface area contributed by atoms with E-state index < -0.39 is 91.1 Å². The number of unbranched alkanes of at least 4 members (excludes halogenated alkanes) is 2. The van der Waals surface area contributed by atoms with Gasteiger partial charge in [0, 0.05) is 44.8 Å². The molecule has 0 aromatic rings. The molecule has 1 fully saturated rings. The van der Waals surface area contributed by atoms with Crippen molar-refractivity contribution in [2.75, 3.05) is 26.2 Å². The van der Waals surface area contributed by atoms with Gasteiger partial charge < -0.3 is 52.1 Å². The van der Waals surface area contributed by atoms with Crippen LogP contribution in [0, 0.1) is 23.7 Å². The zero-order valence-corrected chi connectivity index (χ0v) is 32.7. The molecule has 0 aliphatic carbocycles. The number of carbonyl (C=O) groups excluding carboxylic acids is 7. The summed E-state index contributed by atoms with van der Waals surface area (Å²) in [6.07, 6.45) is -6.32. The standard InChI is InChI=1S/C36H64N6O12/c1-19(2)16-38-33(51)22(7)39-35(53)30(21(5)6)41-34(52)24(12-13-27(46)37-17-25(44)31(49)32(50)26(45)18-43)40-28(47)11-9-8-10-14-42-29(48)15-23(20(3)4)36(42)54/h19-26,30-32,43-45,49-50H,8-18H2,1-7H3,(H,37,46)(H,38,51)(H,39,53)(H,40,47)(H,41,52)/t22-,23?,24-,25-,26+,30-,31+,32+/m0/s1. The van der Waals surface area contributed by atoms with Crippen LogP contribution in [0.25, 0.3) is 0 Å². The summed E-state index contributed by atoms with van der Waals surface area (Å²) in [6.45, 7) is 11.7. The number of aliphatic hydroxyl groups is 5. The zero-order chi connectivity index (χ0) is 41.3. The Kier molecular flexibility index (Phi) is 21.4. The number of hydrogen-bond acceptors (Lipinski definition) is 12. The molecule has 1 aliphatic heterocycles. The van der Waals surface area contributed by atoms with Gasteiger partial charge in [-0.05, 0) is 43.9 Å². The maximum absolute atomic E-state index is 13.6. The molecule has 18 heteroatoms. The van der Waals surface area contributed by atoms with Gasteiger partial charge in [0.25, 0.3) is 0 Å². The highest BCUT2D eigenvalue weighted by molar-refractivity contribution is 6.03. The van der Waals surface area contributed by atoms with E-state index in [2.05, 4.69) is 26.6 Å². The van der Waals surface area contributed by atoms with E-state index in [1.54, 1.807) is 13.8 Å². The van der Waals surface area contributed by atoms with Crippen molar-refractivity contribution >= 4 is 41.4 Å². The third-order valence-corrected chi connectivity index (χ3v) is 9.20. The van der Waals surface area contributed by atoms with Gasteiger partial charge in [-0.1, -0.05) is 48.0 Å². The van der Waals surface area contributed by atoms with Crippen LogP contribution in [0.1, 0.15) is 93.4 Å². The first-order chi connectivity index (χ1) is 25.2. The number of aliphatic hydroxyl groups excluding tert-OH is 5. The predicted molar refractivity (Wildman–Crippen MR) is 196 cm³/mol. The van der Waals surface area contributed by atoms with Gasteiger partial charge in [-0.3, -0.25) is 38.5 Å². The van der Waals surface area contributed by atoms with Gasteiger partial charge in [0.2, 0.25) is 41.4 Å². The molecule has 1 rings (SSSR count). The number of likely N-dealkylation sites (tertiary alicyclic amines) is 1. The molecule has 310 valence electrons. The largest absolute Gasteiger partial charge is 0.394 e. The van der Waals surface area contributed by atoms with E-state index in [-0.39, 0.29) is 61.8 Å². The lowest BCUT2D eigenvalue weighted by molar-refractivity contribution is -0.140. The van der Waals surface area contributed by atoms with Crippen LogP contribution in [0.3, 0.4) is 0 Å². The molecule has 8 atom stereocenters. The molecular formula is C36H64N6O12. The Morgan fingerprint density at radius 2 is 1.35 bits per heavy atom. The Hall–Kier alpha value is -3.71. The molecule has 1 unspecified atom stereocenters. The summed E-state index contributed by atoms with van der Waals surface area (Å²) in [4.78, 5) is 91.0. The van der Waals surface area contributed by atoms with Gasteiger partial charge in [-0.15, -0.1) is 0 Å². The summed E-state index contributed by atoms with van der Waals surface area (Å²) in [7, 11) is 0. The third-order valence-electron chi connectivity index (χ3n) is 9.20. The fourth-order valence-electron chi connectivity index (χ4n) is 5.61. The first kappa shape index (κ1) is 48.3. The molecule has 7 amide bonds. The summed E-state index contributed by atoms with van der Waals surface area (Å²) in [5.74, 6) is -3.98. The molecular weight excluding hydrogens is 708 g/mol. The zero-order valence-electron chi connectivity index (χ0n) is 32.7. The highest BCUT2D eigenvalue weighted by Crippen LogP contribution is 2.26. The van der Waals surface area contributed by atoms with Crippen molar-refractivity contribution in [1.82, 2.24) is 31.5 Å². The molecule has 0 spiro atoms. The minimum Gasteiger partial charge on any atom is -0.394 e. The molecule has 0 radical (unpaired) electrons. The Morgan fingerprint density at radius 1 is 0.722 bits per heavy atom. The Labute approximate surface area is 317 Å². The van der Waals surface area contributed by atoms with Crippen LogP contribution in [0.5, 0.6) is 0 Å². The maximum Gasteiger partial charge on any atom is 0.243 e. The summed E-state index contributed by atoms with van der Waals surface area (Å²) >= 11 is 0. The Morgan fingerprint density at radius 3 is 1.91 bits per heavy atom. The first-order valence-corrected chi connectivity index (χ1v) is 18.8. The van der Waals surface area contributed by atoms with Crippen LogP contribution in [0.15, 0.2) is 0 Å². The molecule has 1 heterocycles. The highest BCUT2D eigenvalue weighted by atomic mass is 16.4. The fraction of sp³-hybridized carbons (Fsp3) is 0.806. The summed E-state index contributed by atoms with van der Waals surface area (Å²) in [6, 6.07) is -3.32. The summed E-state index contributed by atoms with van der Waals surface area (Å²) in [5.41, 5.74) is 0. The van der Waals surface area contributed by atoms with E-state index in [4.69, 9.17) is 5.11 Å². The van der Waals surface area contributed by atoms with Crippen LogP contribution in [-0.4, -0.2) is 141 Å². The average Bonchev–Trinajstić information content (AvgIpc) is 3.40. The van der Waals surface area contributed by atoms with Crippen LogP contribution in [-0.2, 0) is 33.6 Å². The molecule has 18 nitrogen and oxygen atoms in total. The predicted octanol–water partition coefficient (Wildman–Crippen LogP) is -2.19.